The summed E-state index contributed by atoms with van der Waals surface area (Å²) in [6, 6.07) is 8.39. The van der Waals surface area contributed by atoms with Crippen LogP contribution in [-0.2, 0) is 0 Å². The molecular weight excluding hydrogens is 427 g/mol. The summed E-state index contributed by atoms with van der Waals surface area (Å²) >= 11 is 0. The molecule has 0 aromatic heterocycles. The van der Waals surface area contributed by atoms with Crippen LogP contribution in [0.25, 0.3) is 0 Å². The van der Waals surface area contributed by atoms with Gasteiger partial charge in [-0.15, -0.1) is 24.0 Å². The molecule has 1 saturated heterocycles. The number of aliphatic imine (C=N–C) groups is 1. The molecule has 0 saturated carbocycles. The van der Waals surface area contributed by atoms with Gasteiger partial charge in [-0.05, 0) is 38.9 Å². The molecule has 5 nitrogen and oxygen atoms in total. The minimum absolute atomic E-state index is 0. The van der Waals surface area contributed by atoms with Crippen LogP contribution in [0.2, 0.25) is 0 Å². The van der Waals surface area contributed by atoms with Crippen LogP contribution in [0, 0.1) is 0 Å². The molecule has 1 aliphatic heterocycles. The molecule has 1 unspecified atom stereocenters. The van der Waals surface area contributed by atoms with Crippen molar-refractivity contribution in [3.63, 3.8) is 0 Å². The highest BCUT2D eigenvalue weighted by atomic mass is 127. The first-order valence-corrected chi connectivity index (χ1v) is 8.67. The van der Waals surface area contributed by atoms with Gasteiger partial charge in [-0.1, -0.05) is 36.8 Å². The molecule has 0 bridgehead atoms. The lowest BCUT2D eigenvalue weighted by molar-refractivity contribution is 0.165. The zero-order valence-corrected chi connectivity index (χ0v) is 17.7. The van der Waals surface area contributed by atoms with Gasteiger partial charge in [0.25, 0.3) is 0 Å². The topological polar surface area (TPSA) is 62.9 Å². The van der Waals surface area contributed by atoms with Crippen LogP contribution >= 0.6 is 24.0 Å². The number of nitrogens with two attached hydrogens (primary N) is 1. The Kier molecular flexibility index (Phi) is 9.89. The van der Waals surface area contributed by atoms with E-state index in [1.54, 1.807) is 7.11 Å². The first kappa shape index (κ1) is 21.8. The van der Waals surface area contributed by atoms with Crippen molar-refractivity contribution < 1.29 is 4.74 Å². The molecule has 140 valence electrons. The van der Waals surface area contributed by atoms with Crippen molar-refractivity contribution in [2.45, 2.75) is 32.2 Å². The average Bonchev–Trinajstić information content (AvgIpc) is 2.61. The van der Waals surface area contributed by atoms with E-state index in [1.165, 1.54) is 24.8 Å². The Labute approximate surface area is 168 Å². The number of hydrogen-bond donors (Lipinski definition) is 2. The number of methoxy groups -OCH3 is 1. The van der Waals surface area contributed by atoms with Gasteiger partial charge in [0.05, 0.1) is 19.7 Å². The molecule has 1 aromatic rings. The summed E-state index contributed by atoms with van der Waals surface area (Å²) in [4.78, 5) is 7.07. The lowest BCUT2D eigenvalue weighted by Crippen LogP contribution is -2.37. The molecule has 25 heavy (non-hydrogen) atoms. The quantitative estimate of drug-likeness (QED) is 0.285. The normalized spacial score (nSPS) is 16.6. The van der Waals surface area contributed by atoms with Gasteiger partial charge >= 0.3 is 0 Å². The van der Waals surface area contributed by atoms with Crippen molar-refractivity contribution in [3.8, 4) is 5.75 Å². The van der Waals surface area contributed by atoms with Gasteiger partial charge in [-0.3, -0.25) is 9.89 Å². The first-order valence-electron chi connectivity index (χ1n) is 8.67. The van der Waals surface area contributed by atoms with Crippen molar-refractivity contribution in [3.05, 3.63) is 42.0 Å². The number of hydrogen-bond acceptors (Lipinski definition) is 3. The van der Waals surface area contributed by atoms with Crippen molar-refractivity contribution in [2.24, 2.45) is 10.7 Å². The van der Waals surface area contributed by atoms with E-state index in [9.17, 15) is 0 Å². The fraction of sp³-hybridized carbons (Fsp3) is 0.526. The molecule has 1 aromatic carbocycles. The number of nitrogens with one attached hydrogen (secondary N) is 1. The smallest absolute Gasteiger partial charge is 0.188 e. The standard InChI is InChI=1S/C19H30N4O.HI/c1-15(2)13-21-19(20)22-14-17(23-11-7-4-8-12-23)16-9-5-6-10-18(16)24-3;/h5-6,9-10,17H,1,4,7-8,11-14H2,2-3H3,(H3,20,21,22);1H. The predicted molar refractivity (Wildman–Crippen MR) is 116 cm³/mol. The summed E-state index contributed by atoms with van der Waals surface area (Å²) in [6.45, 7) is 9.29. The molecule has 0 radical (unpaired) electrons. The SMILES string of the molecule is C=C(C)CNC(N)=NCC(c1ccccc1OC)N1CCCCC1.I. The summed E-state index contributed by atoms with van der Waals surface area (Å²) in [5, 5.41) is 3.10. The molecule has 6 heteroatoms. The molecule has 2 rings (SSSR count). The molecule has 1 aliphatic rings. The van der Waals surface area contributed by atoms with Gasteiger partial charge in [0, 0.05) is 12.1 Å². The van der Waals surface area contributed by atoms with Crippen LogP contribution in [0.5, 0.6) is 5.75 Å². The zero-order chi connectivity index (χ0) is 17.4. The van der Waals surface area contributed by atoms with Crippen molar-refractivity contribution in [2.75, 3.05) is 33.3 Å². The fourth-order valence-corrected chi connectivity index (χ4v) is 3.06. The third-order valence-electron chi connectivity index (χ3n) is 4.34. The van der Waals surface area contributed by atoms with Crippen molar-refractivity contribution in [1.29, 1.82) is 0 Å². The summed E-state index contributed by atoms with van der Waals surface area (Å²) in [5.41, 5.74) is 8.21. The predicted octanol–water partition coefficient (Wildman–Crippen LogP) is 3.32. The Balaban J connectivity index is 0.00000312. The van der Waals surface area contributed by atoms with E-state index in [1.807, 2.05) is 19.1 Å². The zero-order valence-electron chi connectivity index (χ0n) is 15.3. The maximum Gasteiger partial charge on any atom is 0.188 e. The highest BCUT2D eigenvalue weighted by Crippen LogP contribution is 2.31. The Hall–Kier alpha value is -1.28. The number of ether oxygens (including phenoxy) is 1. The Morgan fingerprint density at radius 3 is 2.64 bits per heavy atom. The second kappa shape index (κ2) is 11.4. The van der Waals surface area contributed by atoms with Crippen LogP contribution in [0.3, 0.4) is 0 Å². The second-order valence-corrected chi connectivity index (χ2v) is 6.39. The number of piperidine rings is 1. The molecule has 1 fully saturated rings. The van der Waals surface area contributed by atoms with E-state index in [0.29, 0.717) is 19.0 Å². The summed E-state index contributed by atoms with van der Waals surface area (Å²) in [5.74, 6) is 1.38. The second-order valence-electron chi connectivity index (χ2n) is 6.39. The number of para-hydroxylation sites is 1. The van der Waals surface area contributed by atoms with E-state index < -0.39 is 0 Å². The maximum atomic E-state index is 6.00. The highest BCUT2D eigenvalue weighted by Gasteiger charge is 2.24. The molecule has 1 heterocycles. The molecule has 0 amide bonds. The lowest BCUT2D eigenvalue weighted by Gasteiger charge is -2.34. The maximum absolute atomic E-state index is 6.00. The van der Waals surface area contributed by atoms with E-state index in [2.05, 4.69) is 33.9 Å². The molecule has 3 N–H and O–H groups in total. The van der Waals surface area contributed by atoms with Crippen LogP contribution in [0.15, 0.2) is 41.4 Å². The van der Waals surface area contributed by atoms with Crippen LogP contribution in [0.4, 0.5) is 0 Å². The number of nitrogens with zero attached hydrogens (tertiary/aromatic N) is 2. The lowest BCUT2D eigenvalue weighted by atomic mass is 10.0. The summed E-state index contributed by atoms with van der Waals surface area (Å²) in [6.07, 6.45) is 3.78. The molecule has 0 spiro atoms. The molecule has 1 atom stereocenters. The third kappa shape index (κ3) is 6.86. The number of benzene rings is 1. The molecular formula is C19H31IN4O. The van der Waals surface area contributed by atoms with Gasteiger partial charge in [-0.25, -0.2) is 0 Å². The van der Waals surface area contributed by atoms with Crippen molar-refractivity contribution >= 4 is 29.9 Å². The fourth-order valence-electron chi connectivity index (χ4n) is 3.06. The minimum atomic E-state index is 0. The molecule has 0 aliphatic carbocycles. The first-order chi connectivity index (χ1) is 11.6. The summed E-state index contributed by atoms with van der Waals surface area (Å²) < 4.78 is 5.57. The Morgan fingerprint density at radius 2 is 2.00 bits per heavy atom. The van der Waals surface area contributed by atoms with Crippen molar-refractivity contribution in [1.82, 2.24) is 10.2 Å². The van der Waals surface area contributed by atoms with E-state index >= 15 is 0 Å². The van der Waals surface area contributed by atoms with E-state index in [0.717, 1.165) is 24.4 Å². The monoisotopic (exact) mass is 458 g/mol. The largest absolute Gasteiger partial charge is 0.496 e. The van der Waals surface area contributed by atoms with Gasteiger partial charge in [0.15, 0.2) is 5.96 Å². The average molecular weight is 458 g/mol. The number of guanidine groups is 1. The van der Waals surface area contributed by atoms with Gasteiger partial charge in [-0.2, -0.15) is 0 Å². The van der Waals surface area contributed by atoms with Gasteiger partial charge < -0.3 is 15.8 Å². The van der Waals surface area contributed by atoms with Crippen LogP contribution in [0.1, 0.15) is 37.8 Å². The third-order valence-corrected chi connectivity index (χ3v) is 4.34. The van der Waals surface area contributed by atoms with Gasteiger partial charge in [0.2, 0.25) is 0 Å². The number of rotatable bonds is 7. The van der Waals surface area contributed by atoms with E-state index in [-0.39, 0.29) is 30.0 Å². The van der Waals surface area contributed by atoms with E-state index in [4.69, 9.17) is 10.5 Å². The highest BCUT2D eigenvalue weighted by molar-refractivity contribution is 14.0. The minimum Gasteiger partial charge on any atom is -0.496 e. The van der Waals surface area contributed by atoms with Crippen LogP contribution < -0.4 is 15.8 Å². The van der Waals surface area contributed by atoms with Crippen LogP contribution in [-0.4, -0.2) is 44.1 Å². The Morgan fingerprint density at radius 1 is 1.32 bits per heavy atom. The number of likely N-dealkylation sites (tertiary alicyclic amines) is 1. The Bertz CT molecular complexity index is 570. The van der Waals surface area contributed by atoms with Gasteiger partial charge in [0.1, 0.15) is 5.75 Å². The number of halogens is 1. The summed E-state index contributed by atoms with van der Waals surface area (Å²) in [7, 11) is 1.72.